The number of carboxylic acid groups (broad SMARTS) is 1. The normalized spacial score (nSPS) is 11.6. The second-order valence-corrected chi connectivity index (χ2v) is 10.7. The first kappa shape index (κ1) is 29.2. The Morgan fingerprint density at radius 3 is 2.21 bits per heavy atom. The molecule has 11 heteroatoms. The molecule has 0 spiro atoms. The van der Waals surface area contributed by atoms with Crippen LogP contribution in [0.3, 0.4) is 0 Å². The maximum atomic E-state index is 13.5. The quantitative estimate of drug-likeness (QED) is 0.145. The van der Waals surface area contributed by atoms with Crippen LogP contribution in [0.5, 0.6) is 11.5 Å². The number of benzene rings is 3. The van der Waals surface area contributed by atoms with Crippen LogP contribution in [0.15, 0.2) is 101 Å². The molecule has 42 heavy (non-hydrogen) atoms. The zero-order valence-corrected chi connectivity index (χ0v) is 24.2. The van der Waals surface area contributed by atoms with Gasteiger partial charge in [0.05, 0.1) is 5.56 Å². The van der Waals surface area contributed by atoms with Crippen molar-refractivity contribution in [3.63, 3.8) is 0 Å². The number of nitrogens with one attached hydrogen (secondary N) is 1. The largest absolute Gasteiger partial charge is 0.480 e. The lowest BCUT2D eigenvalue weighted by Crippen LogP contribution is -2.42. The maximum Gasteiger partial charge on any atom is 0.327 e. The van der Waals surface area contributed by atoms with Gasteiger partial charge in [-0.3, -0.25) is 4.79 Å². The lowest BCUT2D eigenvalue weighted by Gasteiger charge is -2.14. The number of hydrogen-bond acceptors (Lipinski definition) is 7. The highest BCUT2D eigenvalue weighted by atomic mass is 35.5. The number of nitrogens with zero attached hydrogens (tertiary/aromatic N) is 2. The first-order valence-corrected chi connectivity index (χ1v) is 14.6. The monoisotopic (exact) mass is 619 g/mol. The van der Waals surface area contributed by atoms with Gasteiger partial charge in [-0.25, -0.2) is 14.8 Å². The number of aromatic nitrogens is 2. The number of hydrogen-bond donors (Lipinski definition) is 2. The van der Waals surface area contributed by atoms with E-state index in [-0.39, 0.29) is 39.0 Å². The van der Waals surface area contributed by atoms with Gasteiger partial charge in [0.1, 0.15) is 27.8 Å². The fourth-order valence-corrected chi connectivity index (χ4v) is 5.36. The number of aliphatic carboxylic acids is 1. The van der Waals surface area contributed by atoms with E-state index in [0.29, 0.717) is 22.8 Å². The molecule has 212 valence electrons. The summed E-state index contributed by atoms with van der Waals surface area (Å²) in [5.41, 5.74) is 1.74. The highest BCUT2D eigenvalue weighted by Crippen LogP contribution is 2.35. The van der Waals surface area contributed by atoms with Crippen LogP contribution in [-0.4, -0.2) is 38.7 Å². The third-order valence-electron chi connectivity index (χ3n) is 5.98. The summed E-state index contributed by atoms with van der Waals surface area (Å²) in [6.45, 7) is 0. The van der Waals surface area contributed by atoms with Crippen LogP contribution in [0.4, 0.5) is 0 Å². The third-order valence-corrected chi connectivity index (χ3v) is 7.59. The molecule has 3 aromatic carbocycles. The van der Waals surface area contributed by atoms with E-state index in [0.717, 1.165) is 5.56 Å². The summed E-state index contributed by atoms with van der Waals surface area (Å²) in [5.74, 6) is 0.259. The minimum atomic E-state index is -1.17. The number of halogens is 2. The number of pyridine rings is 1. The van der Waals surface area contributed by atoms with Gasteiger partial charge in [-0.1, -0.05) is 71.7 Å². The van der Waals surface area contributed by atoms with Gasteiger partial charge in [-0.15, -0.1) is 0 Å². The van der Waals surface area contributed by atoms with Gasteiger partial charge in [0, 0.05) is 17.1 Å². The lowest BCUT2D eigenvalue weighted by atomic mass is 10.1. The average Bonchev–Trinajstić information content (AvgIpc) is 3.43. The van der Waals surface area contributed by atoms with Gasteiger partial charge in [-0.2, -0.15) is 11.8 Å². The van der Waals surface area contributed by atoms with E-state index >= 15 is 0 Å². The van der Waals surface area contributed by atoms with Crippen molar-refractivity contribution >= 4 is 46.8 Å². The number of carbonyl (C=O) groups is 2. The van der Waals surface area contributed by atoms with E-state index in [2.05, 4.69) is 15.3 Å². The van der Waals surface area contributed by atoms with E-state index in [9.17, 15) is 14.7 Å². The van der Waals surface area contributed by atoms with Gasteiger partial charge < -0.3 is 19.6 Å². The Hall–Kier alpha value is -4.31. The Balaban J connectivity index is 1.40. The summed E-state index contributed by atoms with van der Waals surface area (Å²) in [4.78, 5) is 33.9. The molecule has 1 atom stereocenters. The predicted octanol–water partition coefficient (Wildman–Crippen LogP) is 7.62. The summed E-state index contributed by atoms with van der Waals surface area (Å²) < 4.78 is 11.9. The van der Waals surface area contributed by atoms with Crippen molar-refractivity contribution in [1.82, 2.24) is 15.3 Å². The van der Waals surface area contributed by atoms with E-state index < -0.39 is 17.9 Å². The van der Waals surface area contributed by atoms with Crippen LogP contribution in [0.1, 0.15) is 16.1 Å². The summed E-state index contributed by atoms with van der Waals surface area (Å²) in [6, 6.07) is 27.8. The van der Waals surface area contributed by atoms with Crippen molar-refractivity contribution in [3.8, 4) is 34.3 Å². The molecule has 5 rings (SSSR count). The molecule has 8 nitrogen and oxygen atoms in total. The zero-order chi connectivity index (χ0) is 29.5. The Bertz CT molecular complexity index is 1680. The molecular weight excluding hydrogens is 597 g/mol. The number of carboxylic acids is 1. The molecule has 2 aromatic heterocycles. The first-order chi connectivity index (χ1) is 20.4. The number of thioether (sulfide) groups is 1. The SMILES string of the molecule is O=C(NC(CSCc1ccccc1)C(=O)O)c1nc(-c2ccc(Oc3ccccc3)cc2)oc1-c1ccc(Cl)nc1Cl. The number of amides is 1. The molecule has 0 fully saturated rings. The molecule has 2 N–H and O–H groups in total. The molecule has 2 heterocycles. The van der Waals surface area contributed by atoms with E-state index in [4.69, 9.17) is 32.4 Å². The van der Waals surface area contributed by atoms with Gasteiger partial charge in [0.15, 0.2) is 11.5 Å². The number of rotatable bonds is 11. The molecule has 1 amide bonds. The molecule has 0 aliphatic heterocycles. The Labute approximate surface area is 255 Å². The molecule has 5 aromatic rings. The lowest BCUT2D eigenvalue weighted by molar-refractivity contribution is -0.138. The Morgan fingerprint density at radius 2 is 1.55 bits per heavy atom. The summed E-state index contributed by atoms with van der Waals surface area (Å²) in [5, 5.41) is 12.5. The van der Waals surface area contributed by atoms with Crippen LogP contribution in [0, 0.1) is 0 Å². The molecule has 0 saturated heterocycles. The molecule has 0 bridgehead atoms. The summed E-state index contributed by atoms with van der Waals surface area (Å²) in [7, 11) is 0. The van der Waals surface area contributed by atoms with Crippen molar-refractivity contribution < 1.29 is 23.8 Å². The fourth-order valence-electron chi connectivity index (χ4n) is 3.92. The third kappa shape index (κ3) is 7.30. The fraction of sp³-hybridized carbons (Fsp3) is 0.0968. The number of ether oxygens (including phenoxy) is 1. The van der Waals surface area contributed by atoms with E-state index in [1.165, 1.54) is 17.8 Å². The second-order valence-electron chi connectivity index (χ2n) is 8.97. The first-order valence-electron chi connectivity index (χ1n) is 12.7. The topological polar surface area (TPSA) is 115 Å². The van der Waals surface area contributed by atoms with Crippen molar-refractivity contribution in [2.75, 3.05) is 5.75 Å². The van der Waals surface area contributed by atoms with Crippen LogP contribution in [0.2, 0.25) is 10.3 Å². The standard InChI is InChI=1S/C31H23Cl2N3O5S/c32-25-16-15-23(28(33)35-25)27-26(29(37)34-24(31(38)39)18-42-17-19-7-3-1-4-8-19)36-30(41-27)20-11-13-22(14-12-20)40-21-9-5-2-6-10-21/h1-16,24H,17-18H2,(H,34,37)(H,38,39). The number of para-hydroxylation sites is 1. The van der Waals surface area contributed by atoms with Gasteiger partial charge in [0.2, 0.25) is 5.89 Å². The zero-order valence-electron chi connectivity index (χ0n) is 21.9. The summed E-state index contributed by atoms with van der Waals surface area (Å²) >= 11 is 13.7. The van der Waals surface area contributed by atoms with Crippen molar-refractivity contribution in [2.24, 2.45) is 0 Å². The maximum absolute atomic E-state index is 13.5. The minimum Gasteiger partial charge on any atom is -0.480 e. The Morgan fingerprint density at radius 1 is 0.881 bits per heavy atom. The molecule has 1 unspecified atom stereocenters. The summed E-state index contributed by atoms with van der Waals surface area (Å²) in [6.07, 6.45) is 0. The number of oxazole rings is 1. The second kappa shape index (κ2) is 13.6. The number of carbonyl (C=O) groups excluding carboxylic acids is 1. The van der Waals surface area contributed by atoms with E-state index in [1.807, 2.05) is 60.7 Å². The minimum absolute atomic E-state index is 0.000870. The average molecular weight is 621 g/mol. The molecule has 0 aliphatic rings. The van der Waals surface area contributed by atoms with Gasteiger partial charge in [0.25, 0.3) is 5.91 Å². The van der Waals surface area contributed by atoms with E-state index in [1.54, 1.807) is 30.3 Å². The Kier molecular flexibility index (Phi) is 9.43. The molecule has 0 saturated carbocycles. The van der Waals surface area contributed by atoms with Crippen molar-refractivity contribution in [2.45, 2.75) is 11.8 Å². The van der Waals surface area contributed by atoms with Crippen molar-refractivity contribution in [1.29, 1.82) is 0 Å². The highest BCUT2D eigenvalue weighted by molar-refractivity contribution is 7.98. The predicted molar refractivity (Wildman–Crippen MR) is 163 cm³/mol. The van der Waals surface area contributed by atoms with Gasteiger partial charge >= 0.3 is 5.97 Å². The molecule has 0 aliphatic carbocycles. The molecule has 0 radical (unpaired) electrons. The molecular formula is C31H23Cl2N3O5S. The van der Waals surface area contributed by atoms with Crippen LogP contribution in [-0.2, 0) is 10.5 Å². The van der Waals surface area contributed by atoms with Crippen molar-refractivity contribution in [3.05, 3.63) is 119 Å². The van der Waals surface area contributed by atoms with Gasteiger partial charge in [-0.05, 0) is 54.1 Å². The van der Waals surface area contributed by atoms with Crippen LogP contribution in [0.25, 0.3) is 22.8 Å². The highest BCUT2D eigenvalue weighted by Gasteiger charge is 2.28. The smallest absolute Gasteiger partial charge is 0.327 e. The van der Waals surface area contributed by atoms with Crippen LogP contribution < -0.4 is 10.1 Å². The van der Waals surface area contributed by atoms with Crippen LogP contribution >= 0.6 is 35.0 Å².